The molecule has 80 valence electrons. The number of hydrogen-bond acceptors (Lipinski definition) is 4. The summed E-state index contributed by atoms with van der Waals surface area (Å²) in [5, 5.41) is 8.25. The molecule has 0 saturated heterocycles. The first kappa shape index (κ1) is 9.85. The van der Waals surface area contributed by atoms with Crippen LogP contribution in [-0.2, 0) is 20.5 Å². The fourth-order valence-electron chi connectivity index (χ4n) is 1.44. The van der Waals surface area contributed by atoms with Crippen molar-refractivity contribution in [2.75, 3.05) is 0 Å². The molecule has 2 N–H and O–H groups in total. The first-order valence-electron chi connectivity index (χ1n) is 4.75. The molecule has 0 aliphatic heterocycles. The summed E-state index contributed by atoms with van der Waals surface area (Å²) in [6, 6.07) is 1.79. The van der Waals surface area contributed by atoms with Gasteiger partial charge in [-0.25, -0.2) is 4.98 Å². The van der Waals surface area contributed by atoms with E-state index in [-0.39, 0.29) is 6.04 Å². The van der Waals surface area contributed by atoms with Crippen LogP contribution >= 0.6 is 0 Å². The van der Waals surface area contributed by atoms with Crippen molar-refractivity contribution < 1.29 is 0 Å². The summed E-state index contributed by atoms with van der Waals surface area (Å²) in [7, 11) is 3.73. The second-order valence-electron chi connectivity index (χ2n) is 3.52. The van der Waals surface area contributed by atoms with E-state index in [1.807, 2.05) is 26.4 Å². The summed E-state index contributed by atoms with van der Waals surface area (Å²) in [6.07, 6.45) is 4.06. The summed E-state index contributed by atoms with van der Waals surface area (Å²) in [5.74, 6) is 0.869. The molecule has 6 heteroatoms. The molecule has 2 heterocycles. The van der Waals surface area contributed by atoms with Gasteiger partial charge in [-0.1, -0.05) is 0 Å². The van der Waals surface area contributed by atoms with Gasteiger partial charge in [-0.2, -0.15) is 10.2 Å². The number of rotatable bonds is 3. The van der Waals surface area contributed by atoms with Crippen LogP contribution < -0.4 is 5.73 Å². The number of aromatic nitrogens is 5. The van der Waals surface area contributed by atoms with E-state index in [4.69, 9.17) is 5.73 Å². The van der Waals surface area contributed by atoms with Crippen LogP contribution in [-0.4, -0.2) is 24.5 Å². The molecule has 0 fully saturated rings. The van der Waals surface area contributed by atoms with Crippen molar-refractivity contribution in [3.05, 3.63) is 30.1 Å². The molecular weight excluding hydrogens is 192 g/mol. The standard InChI is InChI=1S/C9H14N6/c1-14-4-3-8(13-14)7(10)5-9-11-6-12-15(9)2/h3-4,6-7H,5,10H2,1-2H3. The quantitative estimate of drug-likeness (QED) is 0.754. The SMILES string of the molecule is Cn1ccc(C(N)Cc2ncnn2C)n1. The van der Waals surface area contributed by atoms with Gasteiger partial charge in [-0.15, -0.1) is 0 Å². The molecule has 0 spiro atoms. The highest BCUT2D eigenvalue weighted by atomic mass is 15.3. The minimum absolute atomic E-state index is 0.130. The van der Waals surface area contributed by atoms with Crippen LogP contribution in [0.5, 0.6) is 0 Å². The Bertz CT molecular complexity index is 443. The maximum Gasteiger partial charge on any atom is 0.138 e. The molecule has 2 aromatic rings. The summed E-state index contributed by atoms with van der Waals surface area (Å²) >= 11 is 0. The summed E-state index contributed by atoms with van der Waals surface area (Å²) in [5.41, 5.74) is 6.89. The van der Waals surface area contributed by atoms with Crippen LogP contribution in [0.3, 0.4) is 0 Å². The smallest absolute Gasteiger partial charge is 0.138 e. The van der Waals surface area contributed by atoms with Gasteiger partial charge in [-0.05, 0) is 6.07 Å². The zero-order chi connectivity index (χ0) is 10.8. The van der Waals surface area contributed by atoms with Crippen molar-refractivity contribution in [1.29, 1.82) is 0 Å². The van der Waals surface area contributed by atoms with Crippen molar-refractivity contribution in [3.63, 3.8) is 0 Å². The van der Waals surface area contributed by atoms with Gasteiger partial charge in [0.15, 0.2) is 0 Å². The van der Waals surface area contributed by atoms with E-state index in [0.717, 1.165) is 11.5 Å². The van der Waals surface area contributed by atoms with Crippen LogP contribution in [0.4, 0.5) is 0 Å². The zero-order valence-corrected chi connectivity index (χ0v) is 8.83. The molecule has 0 saturated carbocycles. The van der Waals surface area contributed by atoms with Crippen molar-refractivity contribution in [1.82, 2.24) is 24.5 Å². The Morgan fingerprint density at radius 1 is 1.47 bits per heavy atom. The Kier molecular flexibility index (Phi) is 2.51. The van der Waals surface area contributed by atoms with Crippen molar-refractivity contribution in [3.8, 4) is 0 Å². The van der Waals surface area contributed by atoms with Crippen LogP contribution in [0.25, 0.3) is 0 Å². The number of nitrogens with zero attached hydrogens (tertiary/aromatic N) is 5. The monoisotopic (exact) mass is 206 g/mol. The topological polar surface area (TPSA) is 74.6 Å². The molecule has 2 aromatic heterocycles. The van der Waals surface area contributed by atoms with Gasteiger partial charge in [0.2, 0.25) is 0 Å². The lowest BCUT2D eigenvalue weighted by molar-refractivity contribution is 0.605. The average molecular weight is 206 g/mol. The van der Waals surface area contributed by atoms with E-state index < -0.39 is 0 Å². The Morgan fingerprint density at radius 2 is 2.27 bits per heavy atom. The minimum atomic E-state index is -0.130. The molecule has 1 atom stereocenters. The number of hydrogen-bond donors (Lipinski definition) is 1. The summed E-state index contributed by atoms with van der Waals surface area (Å²) in [4.78, 5) is 4.13. The fraction of sp³-hybridized carbons (Fsp3) is 0.444. The van der Waals surface area contributed by atoms with Crippen LogP contribution in [0.2, 0.25) is 0 Å². The molecule has 0 aliphatic rings. The van der Waals surface area contributed by atoms with E-state index >= 15 is 0 Å². The fourth-order valence-corrected chi connectivity index (χ4v) is 1.44. The first-order chi connectivity index (χ1) is 7.16. The van der Waals surface area contributed by atoms with Gasteiger partial charge in [0.05, 0.1) is 11.7 Å². The van der Waals surface area contributed by atoms with Crippen molar-refractivity contribution >= 4 is 0 Å². The van der Waals surface area contributed by atoms with Gasteiger partial charge in [0.1, 0.15) is 12.2 Å². The van der Waals surface area contributed by atoms with E-state index in [0.29, 0.717) is 6.42 Å². The highest BCUT2D eigenvalue weighted by Crippen LogP contribution is 2.11. The van der Waals surface area contributed by atoms with Crippen LogP contribution in [0, 0.1) is 0 Å². The van der Waals surface area contributed by atoms with Crippen LogP contribution in [0.1, 0.15) is 17.6 Å². The molecule has 0 aliphatic carbocycles. The van der Waals surface area contributed by atoms with Gasteiger partial charge in [0, 0.05) is 26.7 Å². The molecule has 6 nitrogen and oxygen atoms in total. The van der Waals surface area contributed by atoms with Crippen molar-refractivity contribution in [2.45, 2.75) is 12.5 Å². The Balaban J connectivity index is 2.10. The summed E-state index contributed by atoms with van der Waals surface area (Å²) in [6.45, 7) is 0. The highest BCUT2D eigenvalue weighted by molar-refractivity contribution is 5.07. The third-order valence-electron chi connectivity index (χ3n) is 2.32. The normalized spacial score (nSPS) is 13.0. The molecule has 0 radical (unpaired) electrons. The first-order valence-corrected chi connectivity index (χ1v) is 4.75. The third-order valence-corrected chi connectivity index (χ3v) is 2.32. The predicted molar refractivity (Wildman–Crippen MR) is 54.8 cm³/mol. The molecule has 2 rings (SSSR count). The Morgan fingerprint density at radius 3 is 2.80 bits per heavy atom. The predicted octanol–water partition coefficient (Wildman–Crippen LogP) is -0.209. The van der Waals surface area contributed by atoms with Gasteiger partial charge < -0.3 is 5.73 Å². The molecule has 1 unspecified atom stereocenters. The lowest BCUT2D eigenvalue weighted by Gasteiger charge is -2.07. The minimum Gasteiger partial charge on any atom is -0.322 e. The third kappa shape index (κ3) is 2.04. The largest absolute Gasteiger partial charge is 0.322 e. The van der Waals surface area contributed by atoms with Gasteiger partial charge in [0.25, 0.3) is 0 Å². The van der Waals surface area contributed by atoms with E-state index in [1.165, 1.54) is 6.33 Å². The molecule has 15 heavy (non-hydrogen) atoms. The number of nitrogens with two attached hydrogens (primary N) is 1. The average Bonchev–Trinajstić information content (AvgIpc) is 2.77. The Labute approximate surface area is 87.7 Å². The van der Waals surface area contributed by atoms with Gasteiger partial charge in [-0.3, -0.25) is 9.36 Å². The second-order valence-corrected chi connectivity index (χ2v) is 3.52. The van der Waals surface area contributed by atoms with Crippen molar-refractivity contribution in [2.24, 2.45) is 19.8 Å². The molecule has 0 aromatic carbocycles. The molecule has 0 amide bonds. The van der Waals surface area contributed by atoms with E-state index in [9.17, 15) is 0 Å². The van der Waals surface area contributed by atoms with E-state index in [2.05, 4.69) is 15.2 Å². The summed E-state index contributed by atoms with van der Waals surface area (Å²) < 4.78 is 3.47. The highest BCUT2D eigenvalue weighted by Gasteiger charge is 2.12. The van der Waals surface area contributed by atoms with Crippen LogP contribution in [0.15, 0.2) is 18.6 Å². The maximum absolute atomic E-state index is 6.01. The molecular formula is C9H14N6. The number of aryl methyl sites for hydroxylation is 2. The lowest BCUT2D eigenvalue weighted by Crippen LogP contribution is -2.17. The Hall–Kier alpha value is -1.69. The maximum atomic E-state index is 6.01. The van der Waals surface area contributed by atoms with Gasteiger partial charge >= 0.3 is 0 Å². The lowest BCUT2D eigenvalue weighted by atomic mass is 10.1. The second kappa shape index (κ2) is 3.82. The zero-order valence-electron chi connectivity index (χ0n) is 8.83. The van der Waals surface area contributed by atoms with E-state index in [1.54, 1.807) is 9.36 Å². The molecule has 0 bridgehead atoms.